The van der Waals surface area contributed by atoms with Crippen molar-refractivity contribution in [3.05, 3.63) is 0 Å². The van der Waals surface area contributed by atoms with Gasteiger partial charge in [0.15, 0.2) is 6.04 Å². The highest BCUT2D eigenvalue weighted by Gasteiger charge is 2.23. The van der Waals surface area contributed by atoms with E-state index in [9.17, 15) is 9.59 Å². The van der Waals surface area contributed by atoms with Crippen molar-refractivity contribution in [2.75, 3.05) is 6.54 Å². The number of nitrogens with one attached hydrogen (secondary N) is 1. The average molecular weight is 213 g/mol. The predicted molar refractivity (Wildman–Crippen MR) is 54.1 cm³/mol. The molecule has 84 valence electrons. The Morgan fingerprint density at radius 2 is 2.07 bits per heavy atom. The minimum absolute atomic E-state index is 0.381. The van der Waals surface area contributed by atoms with Gasteiger partial charge in [-0.2, -0.15) is 0 Å². The number of carbonyl (C=O) groups excluding carboxylic acids is 1. The van der Waals surface area contributed by atoms with Crippen LogP contribution in [0.1, 0.15) is 20.8 Å². The van der Waals surface area contributed by atoms with E-state index >= 15 is 0 Å². The molecule has 0 heterocycles. The van der Waals surface area contributed by atoms with Gasteiger partial charge in [-0.3, -0.25) is 10.1 Å². The normalized spacial score (nSPS) is 12.7. The molecule has 0 aliphatic carbocycles. The van der Waals surface area contributed by atoms with E-state index < -0.39 is 23.6 Å². The number of hydrogen-bond donors (Lipinski definition) is 2. The van der Waals surface area contributed by atoms with Crippen molar-refractivity contribution >= 4 is 11.9 Å². The Kier molecular flexibility index (Phi) is 4.82. The van der Waals surface area contributed by atoms with E-state index in [-0.39, 0.29) is 6.54 Å². The molecule has 0 saturated carbocycles. The number of ether oxygens (including phenoxy) is 1. The Hall–Kier alpha value is -1.54. The maximum atomic E-state index is 11.4. The molecule has 0 bridgehead atoms. The van der Waals surface area contributed by atoms with Crippen LogP contribution in [0.4, 0.5) is 0 Å². The predicted octanol–water partition coefficient (Wildman–Crippen LogP) is 0.00410. The van der Waals surface area contributed by atoms with Crippen LogP contribution in [-0.2, 0) is 14.3 Å². The van der Waals surface area contributed by atoms with Crippen molar-refractivity contribution < 1.29 is 19.4 Å². The highest BCUT2D eigenvalue weighted by Crippen LogP contribution is 2.08. The SMILES string of the molecule is C#CC(NCC(=O)O)C(=O)OC(C)(C)C. The van der Waals surface area contributed by atoms with Gasteiger partial charge >= 0.3 is 11.9 Å². The fourth-order valence-electron chi connectivity index (χ4n) is 0.760. The first-order chi connectivity index (χ1) is 6.76. The van der Waals surface area contributed by atoms with Crippen molar-refractivity contribution in [2.45, 2.75) is 32.4 Å². The first-order valence-corrected chi connectivity index (χ1v) is 4.40. The third kappa shape index (κ3) is 6.52. The molecule has 0 fully saturated rings. The number of terminal acetylenes is 1. The summed E-state index contributed by atoms with van der Waals surface area (Å²) in [4.78, 5) is 21.6. The molecule has 2 N–H and O–H groups in total. The number of esters is 1. The molecule has 5 heteroatoms. The Morgan fingerprint density at radius 3 is 2.40 bits per heavy atom. The van der Waals surface area contributed by atoms with Crippen LogP contribution in [0.15, 0.2) is 0 Å². The molecule has 0 rings (SSSR count). The van der Waals surface area contributed by atoms with Crippen LogP contribution < -0.4 is 5.32 Å². The van der Waals surface area contributed by atoms with Gasteiger partial charge in [-0.25, -0.2) is 4.79 Å². The lowest BCUT2D eigenvalue weighted by molar-refractivity contribution is -0.155. The minimum Gasteiger partial charge on any atom is -0.480 e. The molecule has 15 heavy (non-hydrogen) atoms. The minimum atomic E-state index is -1.08. The maximum absolute atomic E-state index is 11.4. The second-order valence-corrected chi connectivity index (χ2v) is 3.91. The largest absolute Gasteiger partial charge is 0.480 e. The fourth-order valence-corrected chi connectivity index (χ4v) is 0.760. The van der Waals surface area contributed by atoms with Crippen molar-refractivity contribution in [1.29, 1.82) is 0 Å². The van der Waals surface area contributed by atoms with Crippen molar-refractivity contribution in [3.63, 3.8) is 0 Å². The first-order valence-electron chi connectivity index (χ1n) is 4.40. The third-order valence-corrected chi connectivity index (χ3v) is 1.27. The summed E-state index contributed by atoms with van der Waals surface area (Å²) in [6.45, 7) is 4.73. The van der Waals surface area contributed by atoms with Gasteiger partial charge in [0.1, 0.15) is 5.60 Å². The second-order valence-electron chi connectivity index (χ2n) is 3.91. The van der Waals surface area contributed by atoms with E-state index in [4.69, 9.17) is 16.3 Å². The van der Waals surface area contributed by atoms with E-state index in [2.05, 4.69) is 11.2 Å². The molecule has 0 saturated heterocycles. The van der Waals surface area contributed by atoms with Gasteiger partial charge in [0.2, 0.25) is 0 Å². The number of carboxylic acid groups (broad SMARTS) is 1. The average Bonchev–Trinajstić information content (AvgIpc) is 2.01. The molecule has 0 aromatic rings. The second kappa shape index (κ2) is 5.37. The van der Waals surface area contributed by atoms with Crippen LogP contribution in [0.5, 0.6) is 0 Å². The van der Waals surface area contributed by atoms with Crippen LogP contribution in [0.2, 0.25) is 0 Å². The third-order valence-electron chi connectivity index (χ3n) is 1.27. The van der Waals surface area contributed by atoms with E-state index in [0.717, 1.165) is 0 Å². The zero-order chi connectivity index (χ0) is 12.1. The quantitative estimate of drug-likeness (QED) is 0.508. The van der Waals surface area contributed by atoms with E-state index in [0.29, 0.717) is 0 Å². The Morgan fingerprint density at radius 1 is 1.53 bits per heavy atom. The highest BCUT2D eigenvalue weighted by molar-refractivity contribution is 5.80. The van der Waals surface area contributed by atoms with E-state index in [1.54, 1.807) is 20.8 Å². The molecule has 0 aromatic carbocycles. The Labute approximate surface area is 88.8 Å². The number of carboxylic acids is 1. The van der Waals surface area contributed by atoms with Crippen LogP contribution >= 0.6 is 0 Å². The number of carbonyl (C=O) groups is 2. The first kappa shape index (κ1) is 13.5. The monoisotopic (exact) mass is 213 g/mol. The van der Waals surface area contributed by atoms with Gasteiger partial charge < -0.3 is 9.84 Å². The summed E-state index contributed by atoms with van der Waals surface area (Å²) in [5.41, 5.74) is -0.642. The molecule has 5 nitrogen and oxygen atoms in total. The fraction of sp³-hybridized carbons (Fsp3) is 0.600. The lowest BCUT2D eigenvalue weighted by atomic mass is 10.2. The van der Waals surface area contributed by atoms with Crippen LogP contribution in [0, 0.1) is 12.3 Å². The van der Waals surface area contributed by atoms with Gasteiger partial charge in [-0.1, -0.05) is 5.92 Å². The van der Waals surface area contributed by atoms with Crippen molar-refractivity contribution in [2.24, 2.45) is 0 Å². The van der Waals surface area contributed by atoms with Gasteiger partial charge in [0.05, 0.1) is 6.54 Å². The lowest BCUT2D eigenvalue weighted by Gasteiger charge is -2.21. The van der Waals surface area contributed by atoms with Crippen molar-refractivity contribution in [3.8, 4) is 12.3 Å². The molecule has 1 atom stereocenters. The number of aliphatic carboxylic acids is 1. The summed E-state index contributed by atoms with van der Waals surface area (Å²) in [6, 6.07) is -1.03. The Balaban J connectivity index is 4.25. The van der Waals surface area contributed by atoms with Crippen molar-refractivity contribution in [1.82, 2.24) is 5.32 Å². The standard InChI is InChI=1S/C10H15NO4/c1-5-7(11-6-8(12)13)9(14)15-10(2,3)4/h1,7,11H,6H2,2-4H3,(H,12,13). The molecular weight excluding hydrogens is 198 g/mol. The van der Waals surface area contributed by atoms with E-state index in [1.165, 1.54) is 0 Å². The van der Waals surface area contributed by atoms with E-state index in [1.807, 2.05) is 0 Å². The van der Waals surface area contributed by atoms with Gasteiger partial charge in [0, 0.05) is 0 Å². The summed E-state index contributed by atoms with van der Waals surface area (Å²) in [7, 11) is 0. The van der Waals surface area contributed by atoms with Gasteiger partial charge in [0.25, 0.3) is 0 Å². The Bertz CT molecular complexity index is 285. The van der Waals surface area contributed by atoms with Gasteiger partial charge in [-0.05, 0) is 20.8 Å². The zero-order valence-corrected chi connectivity index (χ0v) is 9.03. The molecular formula is C10H15NO4. The smallest absolute Gasteiger partial charge is 0.336 e. The summed E-state index contributed by atoms with van der Waals surface area (Å²) in [5, 5.41) is 10.8. The van der Waals surface area contributed by atoms with Gasteiger partial charge in [-0.15, -0.1) is 6.42 Å². The molecule has 0 aliphatic heterocycles. The summed E-state index contributed by atoms with van der Waals surface area (Å²) < 4.78 is 4.99. The number of rotatable bonds is 4. The summed E-state index contributed by atoms with van der Waals surface area (Å²) in [6.07, 6.45) is 5.07. The molecule has 0 amide bonds. The zero-order valence-electron chi connectivity index (χ0n) is 9.03. The molecule has 0 spiro atoms. The number of hydrogen-bond acceptors (Lipinski definition) is 4. The molecule has 1 unspecified atom stereocenters. The lowest BCUT2D eigenvalue weighted by Crippen LogP contribution is -2.42. The van der Waals surface area contributed by atoms with Crippen LogP contribution in [0.25, 0.3) is 0 Å². The topological polar surface area (TPSA) is 75.6 Å². The van der Waals surface area contributed by atoms with Crippen LogP contribution in [0.3, 0.4) is 0 Å². The molecule has 0 radical (unpaired) electrons. The summed E-state index contributed by atoms with van der Waals surface area (Å²) >= 11 is 0. The molecule has 0 aliphatic rings. The molecule has 0 aromatic heterocycles. The highest BCUT2D eigenvalue weighted by atomic mass is 16.6. The summed E-state index contributed by atoms with van der Waals surface area (Å²) in [5.74, 6) is 0.399. The van der Waals surface area contributed by atoms with Crippen LogP contribution in [-0.4, -0.2) is 35.2 Å². The maximum Gasteiger partial charge on any atom is 0.336 e.